The van der Waals surface area contributed by atoms with Crippen LogP contribution in [0.3, 0.4) is 0 Å². The van der Waals surface area contributed by atoms with Gasteiger partial charge in [-0.2, -0.15) is 0 Å². The van der Waals surface area contributed by atoms with Crippen molar-refractivity contribution in [1.82, 2.24) is 15.5 Å². The van der Waals surface area contributed by atoms with Crippen molar-refractivity contribution in [2.24, 2.45) is 0 Å². The van der Waals surface area contributed by atoms with E-state index >= 15 is 0 Å². The Labute approximate surface area is 88.2 Å². The normalized spacial score (nSPS) is 20.1. The van der Waals surface area contributed by atoms with Crippen molar-refractivity contribution in [2.75, 3.05) is 39.3 Å². The van der Waals surface area contributed by atoms with E-state index in [1.165, 1.54) is 32.5 Å². The van der Waals surface area contributed by atoms with E-state index < -0.39 is 0 Å². The third-order valence-electron chi connectivity index (χ3n) is 3.02. The summed E-state index contributed by atoms with van der Waals surface area (Å²) in [5.74, 6) is 0. The highest BCUT2D eigenvalue weighted by atomic mass is 15.1. The molecule has 1 saturated heterocycles. The molecular weight excluding hydrogens is 174 g/mol. The zero-order valence-electron chi connectivity index (χ0n) is 9.68. The van der Waals surface area contributed by atoms with Gasteiger partial charge in [0, 0.05) is 19.1 Å². The Morgan fingerprint density at radius 1 is 1.14 bits per heavy atom. The summed E-state index contributed by atoms with van der Waals surface area (Å²) in [4.78, 5) is 2.53. The van der Waals surface area contributed by atoms with Gasteiger partial charge >= 0.3 is 0 Å². The number of likely N-dealkylation sites (N-methyl/N-ethyl adjacent to an activating group) is 1. The third kappa shape index (κ3) is 4.40. The molecule has 1 heterocycles. The van der Waals surface area contributed by atoms with Crippen molar-refractivity contribution in [3.05, 3.63) is 0 Å². The minimum Gasteiger partial charge on any atom is -0.316 e. The molecule has 0 spiro atoms. The van der Waals surface area contributed by atoms with E-state index in [-0.39, 0.29) is 0 Å². The predicted octanol–water partition coefficient (Wildman–Crippen LogP) is 0.670. The molecule has 2 N–H and O–H groups in total. The monoisotopic (exact) mass is 199 g/mol. The molecule has 84 valence electrons. The van der Waals surface area contributed by atoms with Gasteiger partial charge in [-0.05, 0) is 39.0 Å². The maximum atomic E-state index is 3.61. The second kappa shape index (κ2) is 7.21. The lowest BCUT2D eigenvalue weighted by molar-refractivity contribution is 0.207. The molecule has 0 radical (unpaired) electrons. The third-order valence-corrected chi connectivity index (χ3v) is 3.02. The molecule has 0 aromatic rings. The number of hydrogen-bond acceptors (Lipinski definition) is 3. The summed E-state index contributed by atoms with van der Waals surface area (Å²) in [5.41, 5.74) is 0. The van der Waals surface area contributed by atoms with Crippen molar-refractivity contribution >= 4 is 0 Å². The van der Waals surface area contributed by atoms with Crippen LogP contribution in [0.2, 0.25) is 0 Å². The van der Waals surface area contributed by atoms with Crippen molar-refractivity contribution in [2.45, 2.75) is 32.7 Å². The van der Waals surface area contributed by atoms with Crippen molar-refractivity contribution in [1.29, 1.82) is 0 Å². The first-order valence-electron chi connectivity index (χ1n) is 6.03. The molecule has 0 unspecified atom stereocenters. The van der Waals surface area contributed by atoms with Gasteiger partial charge in [0.05, 0.1) is 0 Å². The first-order chi connectivity index (χ1) is 6.86. The fourth-order valence-corrected chi connectivity index (χ4v) is 1.99. The Morgan fingerprint density at radius 3 is 2.43 bits per heavy atom. The summed E-state index contributed by atoms with van der Waals surface area (Å²) in [6.45, 7) is 11.5. The van der Waals surface area contributed by atoms with Crippen LogP contribution in [0.15, 0.2) is 0 Å². The van der Waals surface area contributed by atoms with Crippen LogP contribution in [0, 0.1) is 0 Å². The Balaban J connectivity index is 1.98. The number of nitrogens with one attached hydrogen (secondary N) is 2. The van der Waals surface area contributed by atoms with Crippen LogP contribution in [0.4, 0.5) is 0 Å². The van der Waals surface area contributed by atoms with Crippen LogP contribution < -0.4 is 10.6 Å². The van der Waals surface area contributed by atoms with E-state index in [9.17, 15) is 0 Å². The number of nitrogens with zero attached hydrogens (tertiary/aromatic N) is 1. The van der Waals surface area contributed by atoms with E-state index in [2.05, 4.69) is 29.4 Å². The summed E-state index contributed by atoms with van der Waals surface area (Å²) < 4.78 is 0. The average Bonchev–Trinajstić information content (AvgIpc) is 2.25. The zero-order chi connectivity index (χ0) is 10.2. The molecule has 0 bridgehead atoms. The lowest BCUT2D eigenvalue weighted by atomic mass is 10.1. The van der Waals surface area contributed by atoms with E-state index in [1.54, 1.807) is 0 Å². The molecule has 0 saturated carbocycles. The fourth-order valence-electron chi connectivity index (χ4n) is 1.99. The highest BCUT2D eigenvalue weighted by Gasteiger charge is 2.16. The summed E-state index contributed by atoms with van der Waals surface area (Å²) in [6.07, 6.45) is 2.64. The molecule has 1 fully saturated rings. The second-order valence-electron chi connectivity index (χ2n) is 4.02. The zero-order valence-corrected chi connectivity index (χ0v) is 9.68. The first kappa shape index (κ1) is 12.0. The van der Waals surface area contributed by atoms with E-state index in [0.717, 1.165) is 25.7 Å². The maximum absolute atomic E-state index is 3.61. The number of piperidine rings is 1. The molecule has 14 heavy (non-hydrogen) atoms. The van der Waals surface area contributed by atoms with Crippen LogP contribution in [0.1, 0.15) is 26.7 Å². The van der Waals surface area contributed by atoms with Crippen molar-refractivity contribution in [3.8, 4) is 0 Å². The molecule has 1 rings (SSSR count). The number of rotatable bonds is 6. The van der Waals surface area contributed by atoms with E-state index in [0.29, 0.717) is 0 Å². The molecule has 1 aliphatic heterocycles. The molecule has 3 nitrogen and oxygen atoms in total. The largest absolute Gasteiger partial charge is 0.316 e. The predicted molar refractivity (Wildman–Crippen MR) is 61.7 cm³/mol. The molecule has 0 aliphatic carbocycles. The standard InChI is InChI=1S/C11H25N3/c1-3-12-7-8-13-11-5-9-14(4-2)10-6-11/h11-13H,3-10H2,1-2H3. The van der Waals surface area contributed by atoms with Crippen molar-refractivity contribution in [3.63, 3.8) is 0 Å². The van der Waals surface area contributed by atoms with Gasteiger partial charge in [-0.3, -0.25) is 0 Å². The maximum Gasteiger partial charge on any atom is 0.00919 e. The molecule has 3 heteroatoms. The minimum atomic E-state index is 0.761. The summed E-state index contributed by atoms with van der Waals surface area (Å²) in [5, 5.41) is 6.95. The van der Waals surface area contributed by atoms with Gasteiger partial charge in [0.15, 0.2) is 0 Å². The topological polar surface area (TPSA) is 27.3 Å². The fraction of sp³-hybridized carbons (Fsp3) is 1.00. The van der Waals surface area contributed by atoms with Crippen LogP contribution in [0.5, 0.6) is 0 Å². The van der Waals surface area contributed by atoms with Gasteiger partial charge in [0.2, 0.25) is 0 Å². The Morgan fingerprint density at radius 2 is 1.86 bits per heavy atom. The molecule has 1 aliphatic rings. The average molecular weight is 199 g/mol. The Kier molecular flexibility index (Phi) is 6.15. The summed E-state index contributed by atoms with van der Waals surface area (Å²) in [7, 11) is 0. The quantitative estimate of drug-likeness (QED) is 0.616. The van der Waals surface area contributed by atoms with Crippen molar-refractivity contribution < 1.29 is 0 Å². The highest BCUT2D eigenvalue weighted by Crippen LogP contribution is 2.08. The van der Waals surface area contributed by atoms with Gasteiger partial charge < -0.3 is 15.5 Å². The smallest absolute Gasteiger partial charge is 0.00919 e. The molecule has 0 aromatic carbocycles. The van der Waals surface area contributed by atoms with Crippen LogP contribution >= 0.6 is 0 Å². The minimum absolute atomic E-state index is 0.761. The highest BCUT2D eigenvalue weighted by molar-refractivity contribution is 4.76. The summed E-state index contributed by atoms with van der Waals surface area (Å²) >= 11 is 0. The van der Waals surface area contributed by atoms with Gasteiger partial charge in [-0.15, -0.1) is 0 Å². The van der Waals surface area contributed by atoms with Gasteiger partial charge in [-0.25, -0.2) is 0 Å². The molecular formula is C11H25N3. The lowest BCUT2D eigenvalue weighted by Crippen LogP contribution is -2.44. The SMILES string of the molecule is CCNCCNC1CCN(CC)CC1. The second-order valence-corrected chi connectivity index (χ2v) is 4.02. The van der Waals surface area contributed by atoms with Crippen LogP contribution in [-0.4, -0.2) is 50.2 Å². The lowest BCUT2D eigenvalue weighted by Gasteiger charge is -2.31. The van der Waals surface area contributed by atoms with E-state index in [4.69, 9.17) is 0 Å². The number of hydrogen-bond donors (Lipinski definition) is 2. The van der Waals surface area contributed by atoms with Gasteiger partial charge in [0.1, 0.15) is 0 Å². The molecule has 0 amide bonds. The van der Waals surface area contributed by atoms with Crippen LogP contribution in [-0.2, 0) is 0 Å². The first-order valence-corrected chi connectivity index (χ1v) is 6.03. The summed E-state index contributed by atoms with van der Waals surface area (Å²) in [6, 6.07) is 0.761. The Hall–Kier alpha value is -0.120. The Bertz CT molecular complexity index is 130. The number of likely N-dealkylation sites (tertiary alicyclic amines) is 1. The van der Waals surface area contributed by atoms with Gasteiger partial charge in [0.25, 0.3) is 0 Å². The molecule has 0 aromatic heterocycles. The van der Waals surface area contributed by atoms with E-state index in [1.807, 2.05) is 0 Å². The molecule has 0 atom stereocenters. The van der Waals surface area contributed by atoms with Gasteiger partial charge in [-0.1, -0.05) is 13.8 Å². The van der Waals surface area contributed by atoms with Crippen LogP contribution in [0.25, 0.3) is 0 Å².